The normalized spacial score (nSPS) is 10.7. The maximum atomic E-state index is 12.6. The van der Waals surface area contributed by atoms with Gasteiger partial charge in [-0.3, -0.25) is 9.59 Å². The monoisotopic (exact) mass is 467 g/mol. The number of hydrogen-bond acceptors (Lipinski definition) is 6. The van der Waals surface area contributed by atoms with E-state index in [2.05, 4.69) is 15.8 Å². The number of esters is 1. The minimum absolute atomic E-state index is 0.363. The lowest BCUT2D eigenvalue weighted by Gasteiger charge is -2.07. The number of rotatable bonds is 6. The molecule has 0 aliphatic rings. The third-order valence-corrected chi connectivity index (χ3v) is 5.01. The summed E-state index contributed by atoms with van der Waals surface area (Å²) in [6, 6.07) is 26.2. The van der Waals surface area contributed by atoms with Crippen LogP contribution in [0.5, 0.6) is 11.5 Å². The molecule has 0 radical (unpaired) electrons. The van der Waals surface area contributed by atoms with E-state index in [1.165, 1.54) is 13.3 Å². The van der Waals surface area contributed by atoms with Gasteiger partial charge in [-0.25, -0.2) is 10.2 Å². The molecule has 0 fully saturated rings. The lowest BCUT2D eigenvalue weighted by atomic mass is 10.0. The Labute approximate surface area is 201 Å². The van der Waals surface area contributed by atoms with Crippen LogP contribution in [-0.4, -0.2) is 31.1 Å². The number of nitrogens with zero attached hydrogens (tertiary/aromatic N) is 1. The van der Waals surface area contributed by atoms with Crippen LogP contribution in [0.2, 0.25) is 0 Å². The maximum Gasteiger partial charge on any atom is 0.344 e. The second-order valence-corrected chi connectivity index (χ2v) is 7.37. The Hall–Kier alpha value is -4.98. The van der Waals surface area contributed by atoms with Crippen molar-refractivity contribution in [2.24, 2.45) is 5.10 Å². The molecule has 8 nitrogen and oxygen atoms in total. The van der Waals surface area contributed by atoms with Crippen molar-refractivity contribution in [3.63, 3.8) is 0 Å². The van der Waals surface area contributed by atoms with E-state index in [9.17, 15) is 14.4 Å². The van der Waals surface area contributed by atoms with Crippen LogP contribution in [0.15, 0.2) is 96.1 Å². The van der Waals surface area contributed by atoms with Crippen LogP contribution in [0, 0.1) is 0 Å². The van der Waals surface area contributed by atoms with Crippen LogP contribution in [0.3, 0.4) is 0 Å². The van der Waals surface area contributed by atoms with Gasteiger partial charge in [0.15, 0.2) is 0 Å². The zero-order valence-corrected chi connectivity index (χ0v) is 18.7. The van der Waals surface area contributed by atoms with E-state index in [1.807, 2.05) is 36.4 Å². The number of benzene rings is 4. The third kappa shape index (κ3) is 5.88. The predicted octanol–water partition coefficient (Wildman–Crippen LogP) is 4.16. The Kier molecular flexibility index (Phi) is 7.13. The van der Waals surface area contributed by atoms with Crippen LogP contribution in [0.4, 0.5) is 5.69 Å². The van der Waals surface area contributed by atoms with E-state index in [4.69, 9.17) is 9.47 Å². The first-order valence-corrected chi connectivity index (χ1v) is 10.6. The summed E-state index contributed by atoms with van der Waals surface area (Å²) in [5.41, 5.74) is 3.69. The molecule has 0 spiro atoms. The smallest absolute Gasteiger partial charge is 0.344 e. The highest BCUT2D eigenvalue weighted by atomic mass is 16.5. The fourth-order valence-electron chi connectivity index (χ4n) is 3.29. The second kappa shape index (κ2) is 10.8. The van der Waals surface area contributed by atoms with Crippen molar-refractivity contribution in [2.75, 3.05) is 12.4 Å². The Morgan fingerprint density at radius 3 is 2.34 bits per heavy atom. The third-order valence-electron chi connectivity index (χ3n) is 5.01. The first-order valence-electron chi connectivity index (χ1n) is 10.6. The summed E-state index contributed by atoms with van der Waals surface area (Å²) in [5, 5.41) is 8.02. The van der Waals surface area contributed by atoms with Gasteiger partial charge in [-0.2, -0.15) is 5.10 Å². The summed E-state index contributed by atoms with van der Waals surface area (Å²) in [7, 11) is 1.50. The van der Waals surface area contributed by atoms with Crippen LogP contribution in [-0.2, 0) is 9.59 Å². The topological polar surface area (TPSA) is 106 Å². The molecule has 4 aromatic rings. The summed E-state index contributed by atoms with van der Waals surface area (Å²) >= 11 is 0. The number of carbonyl (C=O) groups is 3. The van der Waals surface area contributed by atoms with Crippen molar-refractivity contribution in [3.8, 4) is 11.5 Å². The van der Waals surface area contributed by atoms with Crippen LogP contribution < -0.4 is 20.2 Å². The molecule has 0 atom stereocenters. The molecule has 2 amide bonds. The number of fused-ring (bicyclic) bond motifs is 1. The average Bonchev–Trinajstić information content (AvgIpc) is 2.89. The Bertz CT molecular complexity index is 1410. The Morgan fingerprint density at radius 2 is 1.54 bits per heavy atom. The number of carbonyl (C=O) groups excluding carboxylic acids is 3. The lowest BCUT2D eigenvalue weighted by molar-refractivity contribution is -0.136. The van der Waals surface area contributed by atoms with Gasteiger partial charge in [0.2, 0.25) is 0 Å². The average molecular weight is 467 g/mol. The molecule has 0 aliphatic carbocycles. The summed E-state index contributed by atoms with van der Waals surface area (Å²) in [4.78, 5) is 36.6. The highest BCUT2D eigenvalue weighted by molar-refractivity contribution is 6.39. The molecule has 174 valence electrons. The van der Waals surface area contributed by atoms with E-state index < -0.39 is 17.8 Å². The molecule has 0 saturated heterocycles. The van der Waals surface area contributed by atoms with Gasteiger partial charge in [-0.15, -0.1) is 0 Å². The van der Waals surface area contributed by atoms with E-state index in [0.717, 1.165) is 10.8 Å². The highest BCUT2D eigenvalue weighted by Crippen LogP contribution is 2.21. The standard InChI is InChI=1S/C27H21N3O5/c1-34-22-9-5-8-20(16-22)29-25(31)26(32)30-28-17-18-12-14-21(15-13-18)35-27(33)24-11-4-7-19-6-2-3-10-23(19)24/h2-17H,1H3,(H,29,31)(H,30,32)/b28-17+. The van der Waals surface area contributed by atoms with Crippen LogP contribution >= 0.6 is 0 Å². The molecule has 4 rings (SSSR count). The zero-order valence-electron chi connectivity index (χ0n) is 18.7. The molecular weight excluding hydrogens is 446 g/mol. The van der Waals surface area contributed by atoms with Crippen molar-refractivity contribution in [1.82, 2.24) is 5.43 Å². The number of nitrogens with one attached hydrogen (secondary N) is 2. The SMILES string of the molecule is COc1cccc(NC(=O)C(=O)N/N=C/c2ccc(OC(=O)c3cccc4ccccc34)cc2)c1. The molecule has 0 heterocycles. The van der Waals surface area contributed by atoms with Gasteiger partial charge in [0.05, 0.1) is 18.9 Å². The molecule has 0 unspecified atom stereocenters. The quantitative estimate of drug-likeness (QED) is 0.146. The molecule has 0 bridgehead atoms. The molecule has 0 aromatic heterocycles. The number of amides is 2. The van der Waals surface area contributed by atoms with Gasteiger partial charge in [0.25, 0.3) is 0 Å². The minimum Gasteiger partial charge on any atom is -0.497 e. The van der Waals surface area contributed by atoms with Gasteiger partial charge in [0, 0.05) is 11.8 Å². The van der Waals surface area contributed by atoms with Gasteiger partial charge >= 0.3 is 17.8 Å². The molecule has 35 heavy (non-hydrogen) atoms. The number of anilines is 1. The fraction of sp³-hybridized carbons (Fsp3) is 0.0370. The van der Waals surface area contributed by atoms with Crippen molar-refractivity contribution in [2.45, 2.75) is 0 Å². The molecule has 0 saturated carbocycles. The zero-order chi connectivity index (χ0) is 24.6. The fourth-order valence-corrected chi connectivity index (χ4v) is 3.29. The van der Waals surface area contributed by atoms with Crippen molar-refractivity contribution in [1.29, 1.82) is 0 Å². The van der Waals surface area contributed by atoms with Crippen LogP contribution in [0.25, 0.3) is 10.8 Å². The number of methoxy groups -OCH3 is 1. The van der Waals surface area contributed by atoms with E-state index in [-0.39, 0.29) is 0 Å². The summed E-state index contributed by atoms with van der Waals surface area (Å²) in [5.74, 6) is -1.34. The van der Waals surface area contributed by atoms with Crippen molar-refractivity contribution in [3.05, 3.63) is 102 Å². The maximum absolute atomic E-state index is 12.6. The van der Waals surface area contributed by atoms with E-state index in [0.29, 0.717) is 28.3 Å². The number of ether oxygens (including phenoxy) is 2. The molecule has 8 heteroatoms. The van der Waals surface area contributed by atoms with E-state index >= 15 is 0 Å². The summed E-state index contributed by atoms with van der Waals surface area (Å²) < 4.78 is 10.6. The van der Waals surface area contributed by atoms with Gasteiger partial charge < -0.3 is 14.8 Å². The largest absolute Gasteiger partial charge is 0.497 e. The molecule has 0 aliphatic heterocycles. The van der Waals surface area contributed by atoms with Gasteiger partial charge in [0.1, 0.15) is 11.5 Å². The minimum atomic E-state index is -0.926. The second-order valence-electron chi connectivity index (χ2n) is 7.37. The van der Waals surface area contributed by atoms with Crippen molar-refractivity contribution < 1.29 is 23.9 Å². The molecular formula is C27H21N3O5. The van der Waals surface area contributed by atoms with E-state index in [1.54, 1.807) is 54.6 Å². The van der Waals surface area contributed by atoms with Crippen LogP contribution in [0.1, 0.15) is 15.9 Å². The number of hydrogen-bond donors (Lipinski definition) is 2. The predicted molar refractivity (Wildman–Crippen MR) is 133 cm³/mol. The highest BCUT2D eigenvalue weighted by Gasteiger charge is 2.14. The van der Waals surface area contributed by atoms with Crippen molar-refractivity contribution >= 4 is 40.5 Å². The molecule has 4 aromatic carbocycles. The summed E-state index contributed by atoms with van der Waals surface area (Å²) in [6.07, 6.45) is 1.37. The lowest BCUT2D eigenvalue weighted by Crippen LogP contribution is -2.32. The molecule has 2 N–H and O–H groups in total. The Balaban J connectivity index is 1.32. The Morgan fingerprint density at radius 1 is 0.800 bits per heavy atom. The van der Waals surface area contributed by atoms with Gasteiger partial charge in [-0.05, 0) is 58.8 Å². The van der Waals surface area contributed by atoms with Gasteiger partial charge in [-0.1, -0.05) is 42.5 Å². The first-order chi connectivity index (χ1) is 17.0. The first kappa shape index (κ1) is 23.2. The summed E-state index contributed by atoms with van der Waals surface area (Å²) in [6.45, 7) is 0. The number of hydrazone groups is 1.